The zero-order valence-electron chi connectivity index (χ0n) is 5.77. The summed E-state index contributed by atoms with van der Waals surface area (Å²) < 4.78 is 9.86. The number of ether oxygens (including phenoxy) is 2. The minimum atomic E-state index is -0.368. The van der Waals surface area contributed by atoms with Crippen molar-refractivity contribution in [3.63, 3.8) is 0 Å². The van der Waals surface area contributed by atoms with Crippen molar-refractivity contribution in [3.05, 3.63) is 10.5 Å². The Morgan fingerprint density at radius 2 is 2.20 bits per heavy atom. The van der Waals surface area contributed by atoms with Gasteiger partial charge in [-0.25, -0.2) is 0 Å². The summed E-state index contributed by atoms with van der Waals surface area (Å²) in [7, 11) is 3.13. The first kappa shape index (κ1) is 7.59. The standard InChI is InChI=1S/C5H8N2O2S/c1-8-5(9-2)4-7-6-3-10-4/h3,5H,1-2H3. The Bertz CT molecular complexity index is 174. The van der Waals surface area contributed by atoms with Crippen molar-refractivity contribution in [2.24, 2.45) is 0 Å². The minimum Gasteiger partial charge on any atom is -0.350 e. The molecular weight excluding hydrogens is 152 g/mol. The van der Waals surface area contributed by atoms with Gasteiger partial charge in [0.1, 0.15) is 5.51 Å². The van der Waals surface area contributed by atoms with E-state index in [1.165, 1.54) is 11.3 Å². The first-order chi connectivity index (χ1) is 4.88. The molecule has 10 heavy (non-hydrogen) atoms. The third-order valence-corrected chi connectivity index (χ3v) is 1.72. The molecule has 5 heteroatoms. The van der Waals surface area contributed by atoms with Crippen molar-refractivity contribution in [2.45, 2.75) is 6.29 Å². The molecule has 1 heterocycles. The van der Waals surface area contributed by atoms with Crippen LogP contribution in [0.3, 0.4) is 0 Å². The maximum Gasteiger partial charge on any atom is 0.212 e. The summed E-state index contributed by atoms with van der Waals surface area (Å²) in [5, 5.41) is 8.16. The summed E-state index contributed by atoms with van der Waals surface area (Å²) in [6.07, 6.45) is -0.368. The van der Waals surface area contributed by atoms with Gasteiger partial charge in [0.25, 0.3) is 0 Å². The molecule has 0 fully saturated rings. The number of hydrogen-bond acceptors (Lipinski definition) is 5. The highest BCUT2D eigenvalue weighted by Crippen LogP contribution is 2.17. The molecule has 0 aliphatic carbocycles. The molecule has 0 aliphatic heterocycles. The smallest absolute Gasteiger partial charge is 0.212 e. The van der Waals surface area contributed by atoms with Gasteiger partial charge in [0.15, 0.2) is 5.01 Å². The first-order valence-electron chi connectivity index (χ1n) is 2.70. The third kappa shape index (κ3) is 1.50. The SMILES string of the molecule is COC(OC)c1nncs1. The number of methoxy groups -OCH3 is 2. The predicted molar refractivity (Wildman–Crippen MR) is 36.7 cm³/mol. The Balaban J connectivity index is 2.64. The molecule has 56 valence electrons. The average Bonchev–Trinajstić information content (AvgIpc) is 2.43. The largest absolute Gasteiger partial charge is 0.350 e. The molecule has 0 bridgehead atoms. The molecule has 1 rings (SSSR count). The molecular formula is C5H8N2O2S. The molecule has 0 aromatic carbocycles. The van der Waals surface area contributed by atoms with Crippen LogP contribution in [-0.4, -0.2) is 24.4 Å². The van der Waals surface area contributed by atoms with Gasteiger partial charge < -0.3 is 9.47 Å². The molecule has 0 N–H and O–H groups in total. The lowest BCUT2D eigenvalue weighted by molar-refractivity contribution is -0.106. The van der Waals surface area contributed by atoms with E-state index in [9.17, 15) is 0 Å². The summed E-state index contributed by atoms with van der Waals surface area (Å²) in [6, 6.07) is 0. The van der Waals surface area contributed by atoms with Crippen molar-refractivity contribution >= 4 is 11.3 Å². The molecule has 1 aromatic heterocycles. The zero-order chi connectivity index (χ0) is 7.40. The lowest BCUT2D eigenvalue weighted by Gasteiger charge is -2.07. The van der Waals surface area contributed by atoms with E-state index in [2.05, 4.69) is 10.2 Å². The summed E-state index contributed by atoms with van der Waals surface area (Å²) >= 11 is 1.41. The van der Waals surface area contributed by atoms with E-state index >= 15 is 0 Å². The van der Waals surface area contributed by atoms with Gasteiger partial charge in [-0.1, -0.05) is 11.3 Å². The fourth-order valence-corrected chi connectivity index (χ4v) is 1.18. The van der Waals surface area contributed by atoms with Gasteiger partial charge in [-0.05, 0) is 0 Å². The Morgan fingerprint density at radius 1 is 1.50 bits per heavy atom. The van der Waals surface area contributed by atoms with Crippen LogP contribution in [0.4, 0.5) is 0 Å². The van der Waals surface area contributed by atoms with Crippen molar-refractivity contribution in [2.75, 3.05) is 14.2 Å². The lowest BCUT2D eigenvalue weighted by atomic mass is 10.7. The highest BCUT2D eigenvalue weighted by atomic mass is 32.1. The van der Waals surface area contributed by atoms with Crippen molar-refractivity contribution in [3.8, 4) is 0 Å². The monoisotopic (exact) mass is 160 g/mol. The number of hydrogen-bond donors (Lipinski definition) is 0. The zero-order valence-corrected chi connectivity index (χ0v) is 6.59. The second-order valence-electron chi connectivity index (χ2n) is 1.58. The van der Waals surface area contributed by atoms with E-state index in [1.807, 2.05) is 0 Å². The lowest BCUT2D eigenvalue weighted by Crippen LogP contribution is -2.02. The van der Waals surface area contributed by atoms with Crippen LogP contribution in [0.1, 0.15) is 11.3 Å². The second-order valence-corrected chi connectivity index (χ2v) is 2.45. The Hall–Kier alpha value is -0.520. The maximum absolute atomic E-state index is 4.93. The van der Waals surface area contributed by atoms with E-state index in [-0.39, 0.29) is 6.29 Å². The Labute approximate surface area is 62.8 Å². The molecule has 0 amide bonds. The average molecular weight is 160 g/mol. The number of aromatic nitrogens is 2. The topological polar surface area (TPSA) is 44.2 Å². The van der Waals surface area contributed by atoms with E-state index in [0.29, 0.717) is 0 Å². The van der Waals surface area contributed by atoms with Gasteiger partial charge in [-0.15, -0.1) is 10.2 Å². The Kier molecular flexibility index (Phi) is 2.73. The van der Waals surface area contributed by atoms with Crippen molar-refractivity contribution < 1.29 is 9.47 Å². The van der Waals surface area contributed by atoms with Crippen LogP contribution in [0.2, 0.25) is 0 Å². The molecule has 1 aromatic rings. The van der Waals surface area contributed by atoms with Crippen LogP contribution in [-0.2, 0) is 9.47 Å². The fourth-order valence-electron chi connectivity index (χ4n) is 0.582. The van der Waals surface area contributed by atoms with Gasteiger partial charge >= 0.3 is 0 Å². The van der Waals surface area contributed by atoms with Crippen LogP contribution in [0.5, 0.6) is 0 Å². The number of rotatable bonds is 3. The van der Waals surface area contributed by atoms with E-state index in [0.717, 1.165) is 5.01 Å². The highest BCUT2D eigenvalue weighted by Gasteiger charge is 2.11. The highest BCUT2D eigenvalue weighted by molar-refractivity contribution is 7.09. The van der Waals surface area contributed by atoms with Crippen LogP contribution in [0.15, 0.2) is 5.51 Å². The molecule has 0 spiro atoms. The number of nitrogens with zero attached hydrogens (tertiary/aromatic N) is 2. The van der Waals surface area contributed by atoms with E-state index in [4.69, 9.17) is 9.47 Å². The van der Waals surface area contributed by atoms with E-state index in [1.54, 1.807) is 19.7 Å². The van der Waals surface area contributed by atoms with Crippen molar-refractivity contribution in [1.82, 2.24) is 10.2 Å². The summed E-state index contributed by atoms with van der Waals surface area (Å²) in [5.41, 5.74) is 1.64. The minimum absolute atomic E-state index is 0.368. The quantitative estimate of drug-likeness (QED) is 0.614. The van der Waals surface area contributed by atoms with Crippen LogP contribution >= 0.6 is 11.3 Å². The fraction of sp³-hybridized carbons (Fsp3) is 0.600. The summed E-state index contributed by atoms with van der Waals surface area (Å²) in [4.78, 5) is 0. The van der Waals surface area contributed by atoms with Crippen molar-refractivity contribution in [1.29, 1.82) is 0 Å². The second kappa shape index (κ2) is 3.60. The molecule has 0 atom stereocenters. The predicted octanol–water partition coefficient (Wildman–Crippen LogP) is 0.829. The first-order valence-corrected chi connectivity index (χ1v) is 3.58. The molecule has 4 nitrogen and oxygen atoms in total. The van der Waals surface area contributed by atoms with Gasteiger partial charge in [0, 0.05) is 14.2 Å². The molecule has 0 saturated heterocycles. The molecule has 0 unspecified atom stereocenters. The van der Waals surface area contributed by atoms with Crippen LogP contribution in [0, 0.1) is 0 Å². The van der Waals surface area contributed by atoms with Gasteiger partial charge in [-0.3, -0.25) is 0 Å². The molecule has 0 aliphatic rings. The molecule has 0 saturated carbocycles. The normalized spacial score (nSPS) is 10.7. The Morgan fingerprint density at radius 3 is 2.60 bits per heavy atom. The van der Waals surface area contributed by atoms with Gasteiger partial charge in [0.2, 0.25) is 6.29 Å². The van der Waals surface area contributed by atoms with E-state index < -0.39 is 0 Å². The molecule has 0 radical (unpaired) electrons. The maximum atomic E-state index is 4.93. The van der Waals surface area contributed by atoms with Gasteiger partial charge in [-0.2, -0.15) is 0 Å². The summed E-state index contributed by atoms with van der Waals surface area (Å²) in [6.45, 7) is 0. The third-order valence-electron chi connectivity index (χ3n) is 1.01. The van der Waals surface area contributed by atoms with Crippen LogP contribution < -0.4 is 0 Å². The van der Waals surface area contributed by atoms with Gasteiger partial charge in [0.05, 0.1) is 0 Å². The van der Waals surface area contributed by atoms with Crippen LogP contribution in [0.25, 0.3) is 0 Å². The summed E-state index contributed by atoms with van der Waals surface area (Å²) in [5.74, 6) is 0.